The van der Waals surface area contributed by atoms with Gasteiger partial charge in [0.25, 0.3) is 0 Å². The molecular weight excluding hydrogens is 240 g/mol. The lowest BCUT2D eigenvalue weighted by Crippen LogP contribution is -2.14. The van der Waals surface area contributed by atoms with Crippen molar-refractivity contribution in [1.29, 1.82) is 0 Å². The smallest absolute Gasteiger partial charge is 0.341 e. The molecule has 0 spiro atoms. The molecule has 0 heterocycles. The average Bonchev–Trinajstić information content (AvgIpc) is 2.84. The van der Waals surface area contributed by atoms with Crippen molar-refractivity contribution in [1.82, 2.24) is 0 Å². The van der Waals surface area contributed by atoms with Crippen molar-refractivity contribution in [2.45, 2.75) is 25.7 Å². The molecule has 0 saturated heterocycles. The van der Waals surface area contributed by atoms with E-state index in [2.05, 4.69) is 0 Å². The third-order valence-corrected chi connectivity index (χ3v) is 3.23. The van der Waals surface area contributed by atoms with Crippen molar-refractivity contribution in [3.8, 4) is 0 Å². The zero-order chi connectivity index (χ0) is 13.1. The maximum atomic E-state index is 13.4. The number of ether oxygens (including phenoxy) is 1. The van der Waals surface area contributed by atoms with Gasteiger partial charge in [0, 0.05) is 6.07 Å². The fourth-order valence-electron chi connectivity index (χ4n) is 2.17. The molecule has 1 aromatic rings. The van der Waals surface area contributed by atoms with E-state index in [9.17, 15) is 13.6 Å². The Morgan fingerprint density at radius 3 is 2.61 bits per heavy atom. The van der Waals surface area contributed by atoms with Crippen LogP contribution in [0.1, 0.15) is 36.0 Å². The van der Waals surface area contributed by atoms with E-state index in [1.165, 1.54) is 0 Å². The normalized spacial score (nSPS) is 15.9. The van der Waals surface area contributed by atoms with Crippen LogP contribution in [0.4, 0.5) is 14.5 Å². The van der Waals surface area contributed by atoms with Gasteiger partial charge < -0.3 is 10.5 Å². The molecule has 1 fully saturated rings. The Morgan fingerprint density at radius 1 is 1.28 bits per heavy atom. The van der Waals surface area contributed by atoms with Crippen LogP contribution in [0, 0.1) is 17.6 Å². The van der Waals surface area contributed by atoms with Crippen molar-refractivity contribution in [2.24, 2.45) is 5.92 Å². The molecule has 5 heteroatoms. The third-order valence-electron chi connectivity index (χ3n) is 3.23. The van der Waals surface area contributed by atoms with Crippen molar-refractivity contribution in [3.05, 3.63) is 29.3 Å². The molecule has 0 bridgehead atoms. The van der Waals surface area contributed by atoms with Gasteiger partial charge in [-0.3, -0.25) is 0 Å². The highest BCUT2D eigenvalue weighted by molar-refractivity contribution is 5.90. The summed E-state index contributed by atoms with van der Waals surface area (Å²) >= 11 is 0. The fourth-order valence-corrected chi connectivity index (χ4v) is 2.17. The predicted octanol–water partition coefficient (Wildman–Crippen LogP) is 2.89. The number of carbonyl (C=O) groups excluding carboxylic acids is 1. The van der Waals surface area contributed by atoms with E-state index in [1.807, 2.05) is 0 Å². The second kappa shape index (κ2) is 5.33. The summed E-state index contributed by atoms with van der Waals surface area (Å²) in [6, 6.07) is 1.57. The van der Waals surface area contributed by atoms with E-state index in [0.717, 1.165) is 37.8 Å². The van der Waals surface area contributed by atoms with Crippen LogP contribution in [0.2, 0.25) is 0 Å². The maximum Gasteiger partial charge on any atom is 0.341 e. The fraction of sp³-hybridized carbons (Fsp3) is 0.462. The first-order valence-corrected chi connectivity index (χ1v) is 5.99. The Balaban J connectivity index is 2.01. The lowest BCUT2D eigenvalue weighted by molar-refractivity contribution is 0.0436. The number of benzene rings is 1. The molecule has 3 nitrogen and oxygen atoms in total. The van der Waals surface area contributed by atoms with Crippen LogP contribution >= 0.6 is 0 Å². The number of nitrogens with two attached hydrogens (primary N) is 1. The summed E-state index contributed by atoms with van der Waals surface area (Å²) in [6.45, 7) is 0.268. The molecule has 0 amide bonds. The Labute approximate surface area is 104 Å². The SMILES string of the molecule is Nc1cc(F)c(C(=O)OCC2CCCC2)cc1F. The van der Waals surface area contributed by atoms with Gasteiger partial charge in [0.15, 0.2) is 0 Å². The van der Waals surface area contributed by atoms with Crippen LogP contribution in [0.3, 0.4) is 0 Å². The summed E-state index contributed by atoms with van der Waals surface area (Å²) in [6.07, 6.45) is 4.30. The molecule has 2 N–H and O–H groups in total. The summed E-state index contributed by atoms with van der Waals surface area (Å²) in [5.74, 6) is -2.16. The first kappa shape index (κ1) is 12.8. The highest BCUT2D eigenvalue weighted by Crippen LogP contribution is 2.25. The van der Waals surface area contributed by atoms with E-state index in [-0.39, 0.29) is 12.3 Å². The molecule has 1 aliphatic carbocycles. The highest BCUT2D eigenvalue weighted by Gasteiger charge is 2.20. The van der Waals surface area contributed by atoms with Gasteiger partial charge in [-0.15, -0.1) is 0 Å². The molecule has 0 aliphatic heterocycles. The van der Waals surface area contributed by atoms with Crippen molar-refractivity contribution < 1.29 is 18.3 Å². The van der Waals surface area contributed by atoms with Crippen molar-refractivity contribution in [3.63, 3.8) is 0 Å². The number of halogens is 2. The Bertz CT molecular complexity index is 457. The lowest BCUT2D eigenvalue weighted by Gasteiger charge is -2.10. The van der Waals surface area contributed by atoms with Gasteiger partial charge in [-0.05, 0) is 24.8 Å². The van der Waals surface area contributed by atoms with Crippen LogP contribution in [-0.2, 0) is 4.74 Å². The van der Waals surface area contributed by atoms with Crippen LogP contribution in [0.15, 0.2) is 12.1 Å². The molecule has 0 atom stereocenters. The topological polar surface area (TPSA) is 52.3 Å². The molecular formula is C13H15F2NO2. The molecule has 1 saturated carbocycles. The van der Waals surface area contributed by atoms with Crippen LogP contribution in [0.5, 0.6) is 0 Å². The van der Waals surface area contributed by atoms with Crippen LogP contribution in [-0.4, -0.2) is 12.6 Å². The molecule has 0 unspecified atom stereocenters. The number of esters is 1. The monoisotopic (exact) mass is 255 g/mol. The summed E-state index contributed by atoms with van der Waals surface area (Å²) in [5, 5.41) is 0. The second-order valence-electron chi connectivity index (χ2n) is 4.60. The molecule has 0 radical (unpaired) electrons. The minimum atomic E-state index is -0.856. The zero-order valence-electron chi connectivity index (χ0n) is 9.92. The minimum absolute atomic E-state index is 0.268. The number of hydrogen-bond acceptors (Lipinski definition) is 3. The summed E-state index contributed by atoms with van der Waals surface area (Å²) < 4.78 is 31.6. The van der Waals surface area contributed by atoms with Gasteiger partial charge in [0.1, 0.15) is 11.6 Å². The van der Waals surface area contributed by atoms with E-state index in [1.54, 1.807) is 0 Å². The van der Waals surface area contributed by atoms with Crippen LogP contribution < -0.4 is 5.73 Å². The average molecular weight is 255 g/mol. The van der Waals surface area contributed by atoms with E-state index < -0.39 is 23.2 Å². The zero-order valence-corrected chi connectivity index (χ0v) is 9.92. The van der Waals surface area contributed by atoms with Gasteiger partial charge in [-0.2, -0.15) is 0 Å². The van der Waals surface area contributed by atoms with E-state index in [0.29, 0.717) is 5.92 Å². The number of hydrogen-bond donors (Lipinski definition) is 1. The molecule has 98 valence electrons. The number of carbonyl (C=O) groups is 1. The highest BCUT2D eigenvalue weighted by atomic mass is 19.1. The Hall–Kier alpha value is -1.65. The van der Waals surface area contributed by atoms with Gasteiger partial charge in [0.05, 0.1) is 17.9 Å². The standard InChI is InChI=1S/C13H15F2NO2/c14-10-6-12(16)11(15)5-9(10)13(17)18-7-8-3-1-2-4-8/h5-6,8H,1-4,7,16H2. The molecule has 1 aromatic carbocycles. The van der Waals surface area contributed by atoms with Crippen LogP contribution in [0.25, 0.3) is 0 Å². The van der Waals surface area contributed by atoms with Gasteiger partial charge >= 0.3 is 5.97 Å². The number of nitrogen functional groups attached to an aromatic ring is 1. The minimum Gasteiger partial charge on any atom is -0.462 e. The van der Waals surface area contributed by atoms with Gasteiger partial charge in [0.2, 0.25) is 0 Å². The number of anilines is 1. The Kier molecular flexibility index (Phi) is 3.79. The van der Waals surface area contributed by atoms with Gasteiger partial charge in [-0.25, -0.2) is 13.6 Å². The molecule has 18 heavy (non-hydrogen) atoms. The summed E-state index contributed by atoms with van der Waals surface area (Å²) in [7, 11) is 0. The third kappa shape index (κ3) is 2.78. The predicted molar refractivity (Wildman–Crippen MR) is 63.0 cm³/mol. The van der Waals surface area contributed by atoms with E-state index in [4.69, 9.17) is 10.5 Å². The van der Waals surface area contributed by atoms with E-state index >= 15 is 0 Å². The lowest BCUT2D eigenvalue weighted by atomic mass is 10.1. The first-order chi connectivity index (χ1) is 8.58. The molecule has 0 aromatic heterocycles. The van der Waals surface area contributed by atoms with Crippen molar-refractivity contribution >= 4 is 11.7 Å². The molecule has 2 rings (SSSR count). The van der Waals surface area contributed by atoms with Gasteiger partial charge in [-0.1, -0.05) is 12.8 Å². The second-order valence-corrected chi connectivity index (χ2v) is 4.60. The maximum absolute atomic E-state index is 13.4. The molecule has 1 aliphatic rings. The van der Waals surface area contributed by atoms with Crippen molar-refractivity contribution in [2.75, 3.05) is 12.3 Å². The largest absolute Gasteiger partial charge is 0.462 e. The number of rotatable bonds is 3. The first-order valence-electron chi connectivity index (χ1n) is 5.99. The summed E-state index contributed by atoms with van der Waals surface area (Å²) in [4.78, 5) is 11.6. The quantitative estimate of drug-likeness (QED) is 0.667. The summed E-state index contributed by atoms with van der Waals surface area (Å²) in [5.41, 5.74) is 4.47. The Morgan fingerprint density at radius 2 is 1.94 bits per heavy atom.